The molecule has 0 aliphatic heterocycles. The summed E-state index contributed by atoms with van der Waals surface area (Å²) in [5.41, 5.74) is 1.31. The van der Waals surface area contributed by atoms with Crippen molar-refractivity contribution in [2.45, 2.75) is 13.3 Å². The van der Waals surface area contributed by atoms with E-state index in [4.69, 9.17) is 4.74 Å². The summed E-state index contributed by atoms with van der Waals surface area (Å²) in [4.78, 5) is 19.8. The summed E-state index contributed by atoms with van der Waals surface area (Å²) >= 11 is 0. The molecule has 1 aromatic heterocycles. The summed E-state index contributed by atoms with van der Waals surface area (Å²) in [5, 5.41) is 5.52. The topological polar surface area (TPSA) is 76.1 Å². The van der Waals surface area contributed by atoms with E-state index in [9.17, 15) is 4.79 Å². The predicted octanol–water partition coefficient (Wildman–Crippen LogP) is 4.43. The van der Waals surface area contributed by atoms with Crippen LogP contribution in [0.1, 0.15) is 13.3 Å². The molecule has 2 N–H and O–H groups in total. The van der Waals surface area contributed by atoms with Gasteiger partial charge in [-0.3, -0.25) is 0 Å². The zero-order chi connectivity index (χ0) is 17.9. The van der Waals surface area contributed by atoms with Crippen LogP contribution in [0.4, 0.5) is 10.5 Å². The van der Waals surface area contributed by atoms with Gasteiger partial charge in [-0.15, -0.1) is 0 Å². The van der Waals surface area contributed by atoms with Gasteiger partial charge in [0.1, 0.15) is 12.1 Å². The normalized spacial score (nSPS) is 11.2. The molecular formula is C19H20N4O2. The second-order valence-corrected chi connectivity index (χ2v) is 4.95. The maximum absolute atomic E-state index is 12.1. The minimum Gasteiger partial charge on any atom is -0.454 e. The van der Waals surface area contributed by atoms with Crippen LogP contribution < -0.4 is 15.4 Å². The predicted molar refractivity (Wildman–Crippen MR) is 98.4 cm³/mol. The fourth-order valence-electron chi connectivity index (χ4n) is 1.88. The number of nitrogens with zero attached hydrogens (tertiary/aromatic N) is 2. The van der Waals surface area contributed by atoms with Crippen LogP contribution in [0.3, 0.4) is 0 Å². The van der Waals surface area contributed by atoms with E-state index in [0.717, 1.165) is 6.42 Å². The van der Waals surface area contributed by atoms with Gasteiger partial charge in [-0.2, -0.15) is 0 Å². The van der Waals surface area contributed by atoms with Gasteiger partial charge in [0.05, 0.1) is 12.4 Å². The molecule has 0 aliphatic rings. The molecule has 6 nitrogen and oxygen atoms in total. The number of urea groups is 1. The molecule has 0 aliphatic carbocycles. The third kappa shape index (κ3) is 6.31. The molecule has 0 saturated carbocycles. The number of aromatic nitrogens is 2. The molecule has 2 amide bonds. The zero-order valence-electron chi connectivity index (χ0n) is 14.0. The Hall–Kier alpha value is -3.41. The number of allylic oxidation sites excluding steroid dienone is 4. The highest BCUT2D eigenvalue weighted by molar-refractivity contribution is 5.90. The lowest BCUT2D eigenvalue weighted by molar-refractivity contribution is 0.254. The van der Waals surface area contributed by atoms with E-state index < -0.39 is 0 Å². The van der Waals surface area contributed by atoms with E-state index in [1.807, 2.05) is 19.1 Å². The number of carbonyl (C=O) groups is 1. The standard InChI is InChI=1S/C19H20N4O2/c1-3-5-7-15(6-4-2)22-19(24)23-16-8-10-17(11-9-16)25-18-12-20-14-21-13-18/h4-14H,2-3H2,1H3,(H2,22,23,24)/b7-5-,15-6+. The molecule has 128 valence electrons. The van der Waals surface area contributed by atoms with E-state index in [1.54, 1.807) is 48.8 Å². The Kier molecular flexibility index (Phi) is 6.94. The van der Waals surface area contributed by atoms with Gasteiger partial charge in [-0.1, -0.05) is 25.7 Å². The van der Waals surface area contributed by atoms with Gasteiger partial charge in [0.2, 0.25) is 0 Å². The fraction of sp³-hybridized carbons (Fsp3) is 0.105. The van der Waals surface area contributed by atoms with Gasteiger partial charge in [0.15, 0.2) is 5.75 Å². The Morgan fingerprint density at radius 2 is 1.92 bits per heavy atom. The minimum absolute atomic E-state index is 0.334. The quantitative estimate of drug-likeness (QED) is 0.734. The van der Waals surface area contributed by atoms with Crippen LogP contribution in [0.2, 0.25) is 0 Å². The third-order valence-electron chi connectivity index (χ3n) is 2.97. The number of anilines is 1. The van der Waals surface area contributed by atoms with E-state index in [0.29, 0.717) is 22.9 Å². The van der Waals surface area contributed by atoms with Crippen molar-refractivity contribution < 1.29 is 9.53 Å². The maximum atomic E-state index is 12.1. The molecule has 0 unspecified atom stereocenters. The average Bonchev–Trinajstić information content (AvgIpc) is 2.62. The Labute approximate surface area is 147 Å². The van der Waals surface area contributed by atoms with Crippen molar-refractivity contribution >= 4 is 11.7 Å². The Morgan fingerprint density at radius 1 is 1.20 bits per heavy atom. The molecule has 0 saturated heterocycles. The van der Waals surface area contributed by atoms with Crippen LogP contribution in [0.5, 0.6) is 11.5 Å². The molecule has 2 aromatic rings. The summed E-state index contributed by atoms with van der Waals surface area (Å²) in [7, 11) is 0. The van der Waals surface area contributed by atoms with E-state index in [1.165, 1.54) is 6.33 Å². The molecule has 0 radical (unpaired) electrons. The van der Waals surface area contributed by atoms with E-state index >= 15 is 0 Å². The fourth-order valence-corrected chi connectivity index (χ4v) is 1.88. The molecule has 0 spiro atoms. The summed E-state index contributed by atoms with van der Waals surface area (Å²) in [6, 6.07) is 6.66. The maximum Gasteiger partial charge on any atom is 0.323 e. The minimum atomic E-state index is -0.334. The second-order valence-electron chi connectivity index (χ2n) is 4.95. The lowest BCUT2D eigenvalue weighted by Crippen LogP contribution is -2.27. The highest BCUT2D eigenvalue weighted by Crippen LogP contribution is 2.21. The zero-order valence-corrected chi connectivity index (χ0v) is 14.0. The van der Waals surface area contributed by atoms with Crippen LogP contribution >= 0.6 is 0 Å². The Morgan fingerprint density at radius 3 is 2.56 bits per heavy atom. The Balaban J connectivity index is 1.93. The first-order valence-electron chi connectivity index (χ1n) is 7.81. The first kappa shape index (κ1) is 17.9. The van der Waals surface area contributed by atoms with E-state index in [2.05, 4.69) is 27.2 Å². The molecule has 0 atom stereocenters. The number of rotatable bonds is 7. The van der Waals surface area contributed by atoms with Gasteiger partial charge >= 0.3 is 6.03 Å². The van der Waals surface area contributed by atoms with Crippen LogP contribution in [-0.2, 0) is 0 Å². The summed E-state index contributed by atoms with van der Waals surface area (Å²) < 4.78 is 5.60. The van der Waals surface area contributed by atoms with E-state index in [-0.39, 0.29) is 6.03 Å². The van der Waals surface area contributed by atoms with Gasteiger partial charge in [-0.25, -0.2) is 14.8 Å². The largest absolute Gasteiger partial charge is 0.454 e. The molecule has 0 fully saturated rings. The van der Waals surface area contributed by atoms with Gasteiger partial charge in [0.25, 0.3) is 0 Å². The number of nitrogens with one attached hydrogen (secondary N) is 2. The molecule has 25 heavy (non-hydrogen) atoms. The highest BCUT2D eigenvalue weighted by atomic mass is 16.5. The second kappa shape index (κ2) is 9.67. The number of hydrogen-bond donors (Lipinski definition) is 2. The average molecular weight is 336 g/mol. The van der Waals surface area contributed by atoms with Crippen molar-refractivity contribution in [2.75, 3.05) is 5.32 Å². The van der Waals surface area contributed by atoms with Crippen molar-refractivity contribution in [2.24, 2.45) is 0 Å². The molecular weight excluding hydrogens is 316 g/mol. The van der Waals surface area contributed by atoms with Crippen molar-refractivity contribution in [1.82, 2.24) is 15.3 Å². The molecule has 1 aromatic carbocycles. The molecule has 2 rings (SSSR count). The number of carbonyl (C=O) groups excluding carboxylic acids is 1. The monoisotopic (exact) mass is 336 g/mol. The lowest BCUT2D eigenvalue weighted by atomic mass is 10.3. The lowest BCUT2D eigenvalue weighted by Gasteiger charge is -2.09. The van der Waals surface area contributed by atoms with Crippen LogP contribution in [0, 0.1) is 0 Å². The number of hydrogen-bond acceptors (Lipinski definition) is 4. The molecule has 0 bridgehead atoms. The van der Waals surface area contributed by atoms with Crippen molar-refractivity contribution in [3.05, 3.63) is 79.6 Å². The van der Waals surface area contributed by atoms with Crippen LogP contribution in [0.25, 0.3) is 0 Å². The first-order chi connectivity index (χ1) is 12.2. The molecule has 6 heteroatoms. The summed E-state index contributed by atoms with van der Waals surface area (Å²) in [6.45, 7) is 5.66. The van der Waals surface area contributed by atoms with Gasteiger partial charge in [-0.05, 0) is 42.8 Å². The first-order valence-corrected chi connectivity index (χ1v) is 7.81. The van der Waals surface area contributed by atoms with Crippen molar-refractivity contribution in [3.8, 4) is 11.5 Å². The van der Waals surface area contributed by atoms with Crippen LogP contribution in [0.15, 0.2) is 79.6 Å². The van der Waals surface area contributed by atoms with Crippen molar-refractivity contribution in [1.29, 1.82) is 0 Å². The van der Waals surface area contributed by atoms with Gasteiger partial charge in [0, 0.05) is 11.4 Å². The van der Waals surface area contributed by atoms with Crippen molar-refractivity contribution in [3.63, 3.8) is 0 Å². The number of amides is 2. The highest BCUT2D eigenvalue weighted by Gasteiger charge is 2.04. The smallest absolute Gasteiger partial charge is 0.323 e. The van der Waals surface area contributed by atoms with Gasteiger partial charge < -0.3 is 15.4 Å². The summed E-state index contributed by atoms with van der Waals surface area (Å²) in [6.07, 6.45) is 12.6. The SMILES string of the molecule is C=C/C=C(\C=C/CC)NC(=O)Nc1ccc(Oc2cncnc2)cc1. The number of benzene rings is 1. The Bertz CT molecular complexity index is 753. The number of ether oxygens (including phenoxy) is 1. The molecule has 1 heterocycles. The van der Waals surface area contributed by atoms with Crippen LogP contribution in [-0.4, -0.2) is 16.0 Å². The summed E-state index contributed by atoms with van der Waals surface area (Å²) in [5.74, 6) is 1.17. The third-order valence-corrected chi connectivity index (χ3v) is 2.97.